The molecule has 2 aromatic carbocycles. The molecule has 9 nitrogen and oxygen atoms in total. The van der Waals surface area contributed by atoms with Gasteiger partial charge in [-0.15, -0.1) is 0 Å². The fourth-order valence-corrected chi connectivity index (χ4v) is 6.65. The summed E-state index contributed by atoms with van der Waals surface area (Å²) in [6, 6.07) is 16.0. The topological polar surface area (TPSA) is 100 Å². The van der Waals surface area contributed by atoms with Gasteiger partial charge in [-0.2, -0.15) is 0 Å². The Morgan fingerprint density at radius 1 is 1.12 bits per heavy atom. The maximum absolute atomic E-state index is 15.6. The van der Waals surface area contributed by atoms with Crippen molar-refractivity contribution in [3.63, 3.8) is 0 Å². The number of aromatic nitrogens is 4. The number of likely N-dealkylation sites (tertiary alicyclic amines) is 2. The molecule has 2 aliphatic rings. The summed E-state index contributed by atoms with van der Waals surface area (Å²) in [6.07, 6.45) is 6.87. The Morgan fingerprint density at radius 2 is 1.91 bits per heavy atom. The number of para-hydroxylation sites is 1. The molecule has 2 aliphatic heterocycles. The molecule has 43 heavy (non-hydrogen) atoms. The Hall–Kier alpha value is -4.06. The number of halogens is 1. The predicted octanol–water partition coefficient (Wildman–Crippen LogP) is 3.47. The molecule has 2 fully saturated rings. The zero-order chi connectivity index (χ0) is 29.9. The molecule has 2 aromatic heterocycles. The Morgan fingerprint density at radius 3 is 2.65 bits per heavy atom. The second-order valence-electron chi connectivity index (χ2n) is 11.2. The van der Waals surface area contributed by atoms with E-state index in [1.807, 2.05) is 36.4 Å². The second-order valence-corrected chi connectivity index (χ2v) is 12.3. The third-order valence-electron chi connectivity index (χ3n) is 8.27. The maximum atomic E-state index is 15.6. The molecule has 0 bridgehead atoms. The minimum absolute atomic E-state index is 0.162. The Bertz CT molecular complexity index is 1710. The monoisotopic (exact) mass is 641 g/mol. The molecule has 1 unspecified atom stereocenters. The van der Waals surface area contributed by atoms with Gasteiger partial charge in [0.1, 0.15) is 0 Å². The fourth-order valence-electron chi connectivity index (χ4n) is 5.96. The summed E-state index contributed by atoms with van der Waals surface area (Å²) in [7, 11) is 2.09. The number of ether oxygens (including phenoxy) is 1. The molecule has 11 heteroatoms. The van der Waals surface area contributed by atoms with E-state index in [1.54, 1.807) is 21.7 Å². The van der Waals surface area contributed by atoms with Crippen LogP contribution in [-0.2, 0) is 11.3 Å². The molecule has 0 saturated carbocycles. The van der Waals surface area contributed by atoms with Crippen molar-refractivity contribution >= 4 is 38.3 Å². The number of amides is 1. The van der Waals surface area contributed by atoms with Crippen LogP contribution in [0.3, 0.4) is 0 Å². The summed E-state index contributed by atoms with van der Waals surface area (Å²) < 4.78 is 23.9. The number of nitriles is 1. The summed E-state index contributed by atoms with van der Waals surface area (Å²) in [5, 5.41) is 15.4. The van der Waals surface area contributed by atoms with E-state index in [1.165, 1.54) is 29.2 Å². The number of rotatable bonds is 7. The first-order valence-electron chi connectivity index (χ1n) is 14.5. The van der Waals surface area contributed by atoms with E-state index in [0.29, 0.717) is 46.9 Å². The number of carbonyl (C=O) groups is 1. The van der Waals surface area contributed by atoms with Crippen LogP contribution in [0.5, 0.6) is 11.5 Å². The average molecular weight is 642 g/mol. The Labute approximate surface area is 258 Å². The molecule has 220 valence electrons. The number of hydrogen-bond acceptors (Lipinski definition) is 7. The molecule has 0 N–H and O–H groups in total. The Balaban J connectivity index is 1.27. The van der Waals surface area contributed by atoms with E-state index in [4.69, 9.17) is 9.84 Å². The normalized spacial score (nSPS) is 18.2. The number of allylic oxidation sites excluding steroid dienone is 1. The molecular formula is C32H33AsFN7O2. The summed E-state index contributed by atoms with van der Waals surface area (Å²) >= 11 is 1.30. The van der Waals surface area contributed by atoms with Crippen molar-refractivity contribution in [1.29, 1.82) is 5.26 Å². The van der Waals surface area contributed by atoms with E-state index in [-0.39, 0.29) is 23.4 Å². The molecule has 0 aliphatic carbocycles. The first-order chi connectivity index (χ1) is 20.9. The first-order valence-corrected chi connectivity index (χ1v) is 15.7. The van der Waals surface area contributed by atoms with Gasteiger partial charge in [0.15, 0.2) is 0 Å². The molecule has 2 atom stereocenters. The molecular weight excluding hydrogens is 608 g/mol. The molecule has 2 saturated heterocycles. The molecule has 6 rings (SSSR count). The molecule has 1 amide bonds. The third kappa shape index (κ3) is 6.19. The smallest absolute Gasteiger partial charge is 0.00162 e. The Kier molecular flexibility index (Phi) is 8.55. The van der Waals surface area contributed by atoms with Crippen LogP contribution >= 0.6 is 0 Å². The van der Waals surface area contributed by atoms with Gasteiger partial charge in [0.25, 0.3) is 0 Å². The second kappa shape index (κ2) is 12.7. The van der Waals surface area contributed by atoms with Crippen LogP contribution in [0.15, 0.2) is 66.5 Å². The average Bonchev–Trinajstić information content (AvgIpc) is 3.63. The van der Waals surface area contributed by atoms with Crippen LogP contribution in [-0.4, -0.2) is 85.0 Å². The van der Waals surface area contributed by atoms with E-state index in [2.05, 4.69) is 28.0 Å². The number of carbonyl (C=O) groups excluding carboxylic acids is 1. The van der Waals surface area contributed by atoms with Crippen LogP contribution in [0, 0.1) is 23.1 Å². The van der Waals surface area contributed by atoms with E-state index < -0.39 is 5.82 Å². The van der Waals surface area contributed by atoms with Crippen molar-refractivity contribution in [2.24, 2.45) is 5.92 Å². The molecule has 4 aromatic rings. The molecule has 4 heterocycles. The van der Waals surface area contributed by atoms with Crippen molar-refractivity contribution < 1.29 is 13.9 Å². The molecule has 0 radical (unpaired) electrons. The van der Waals surface area contributed by atoms with Gasteiger partial charge in [0, 0.05) is 0 Å². The van der Waals surface area contributed by atoms with Crippen molar-refractivity contribution in [2.45, 2.75) is 38.3 Å². The van der Waals surface area contributed by atoms with Crippen molar-refractivity contribution in [2.75, 3.05) is 26.7 Å². The van der Waals surface area contributed by atoms with Crippen LogP contribution in [0.2, 0.25) is 0 Å². The zero-order valence-electron chi connectivity index (χ0n) is 24.0. The van der Waals surface area contributed by atoms with Gasteiger partial charge in [-0.1, -0.05) is 0 Å². The van der Waals surface area contributed by atoms with E-state index in [0.717, 1.165) is 43.3 Å². The summed E-state index contributed by atoms with van der Waals surface area (Å²) in [5.41, 5.74) is 1.59. The summed E-state index contributed by atoms with van der Waals surface area (Å²) in [5.74, 6) is 0.540. The van der Waals surface area contributed by atoms with Gasteiger partial charge < -0.3 is 4.90 Å². The van der Waals surface area contributed by atoms with Gasteiger partial charge in [0.05, 0.1) is 0 Å². The van der Waals surface area contributed by atoms with Crippen LogP contribution in [0.1, 0.15) is 25.7 Å². The SMILES string of the molecule is CN1CCC(C=C(C#N)C(=O)N2CCC[C@@H]2Cn2nc(-c3ccc(Oc4ccccc4)cc3F)c3c([AsH2])ncnc32)CC1. The number of nitrogens with zero attached hydrogens (tertiary/aromatic N) is 7. The summed E-state index contributed by atoms with van der Waals surface area (Å²) in [4.78, 5) is 26.5. The van der Waals surface area contributed by atoms with Crippen LogP contribution in [0.4, 0.5) is 4.39 Å². The first kappa shape index (κ1) is 29.0. The third-order valence-corrected chi connectivity index (χ3v) is 9.19. The minimum atomic E-state index is -0.467. The van der Waals surface area contributed by atoms with Gasteiger partial charge in [-0.05, 0) is 20.1 Å². The number of piperidine rings is 1. The van der Waals surface area contributed by atoms with Gasteiger partial charge >= 0.3 is 234 Å². The van der Waals surface area contributed by atoms with Gasteiger partial charge in [0.2, 0.25) is 0 Å². The quantitative estimate of drug-likeness (QED) is 0.173. The van der Waals surface area contributed by atoms with E-state index in [9.17, 15) is 10.1 Å². The van der Waals surface area contributed by atoms with Crippen molar-refractivity contribution in [3.8, 4) is 28.8 Å². The number of fused-ring (bicyclic) bond motifs is 1. The van der Waals surface area contributed by atoms with Crippen molar-refractivity contribution in [1.82, 2.24) is 29.5 Å². The minimum Gasteiger partial charge on any atom is -0.00162 e. The fraction of sp³-hybridized carbons (Fsp3) is 0.344. The number of hydrogen-bond donors (Lipinski definition) is 0. The van der Waals surface area contributed by atoms with E-state index >= 15 is 4.39 Å². The van der Waals surface area contributed by atoms with Crippen molar-refractivity contribution in [3.05, 3.63) is 72.3 Å². The van der Waals surface area contributed by atoms with Crippen LogP contribution in [0.25, 0.3) is 22.3 Å². The molecule has 0 spiro atoms. The summed E-state index contributed by atoms with van der Waals surface area (Å²) in [6.45, 7) is 2.88. The van der Waals surface area contributed by atoms with Crippen LogP contribution < -0.4 is 9.22 Å². The van der Waals surface area contributed by atoms with Gasteiger partial charge in [-0.25, -0.2) is 0 Å². The number of benzene rings is 2. The zero-order valence-corrected chi connectivity index (χ0v) is 26.4. The van der Waals surface area contributed by atoms with Gasteiger partial charge in [-0.3, -0.25) is 0 Å². The predicted molar refractivity (Wildman–Crippen MR) is 164 cm³/mol. The standard InChI is InChI=1S/C32H33AsFN7O2/c1-39-14-11-21(12-15-39)16-22(18-35)32(42)40-13-5-6-23(40)19-41-31-28(30(33)36-20-37-31)29(38-41)26-10-9-25(17-27(26)34)43-24-7-3-2-4-8-24/h2-4,7-10,16-17,20-21,23H,5-6,11-15,19,33H2,1H3/t23-/m1/s1.